The zero-order valence-electron chi connectivity index (χ0n) is 45.1. The standard InChI is InChI=1S/C59H59Cl2N7O14P2/c60-25-21-38-34-67(45-30-47(81-83(77)78)40-9-2-4-11-42(40)55(38)45)54(74)18-16-37-15-13-36(14-17-53(73)68-35-39(32-61)56-43-12-5-3-10-41(43)48(31-46(56)68)82-84(79)80)29-44(37)65-49(69)22-27-62-50(70)33-64-58(76)59(23-8-24-59)57(75)63-26-6-1-7-28-66-51(71)19-20-52(66)72/h2-5,9-21,25,29-31,38-39,83-84H,1,6-8,22-24,26-28,32-35H2,(H,62,70)(H,63,75)(H,64,76)(H,65,69)(H,77,78)(H,79,80)/b17-14+,18-16+,25-21+/t38?,39-/m1/s1. The first-order valence-corrected chi connectivity index (χ1v) is 30.6. The van der Waals surface area contributed by atoms with Crippen LogP contribution in [0.4, 0.5) is 17.1 Å². The van der Waals surface area contributed by atoms with E-state index in [-0.39, 0.29) is 85.9 Å². The summed E-state index contributed by atoms with van der Waals surface area (Å²) < 4.78 is 34.5. The molecule has 438 valence electrons. The molecule has 0 aromatic heterocycles. The molecule has 0 saturated heterocycles. The number of amides is 8. The van der Waals surface area contributed by atoms with E-state index in [2.05, 4.69) is 21.3 Å². The molecule has 21 nitrogen and oxygen atoms in total. The zero-order valence-corrected chi connectivity index (χ0v) is 48.6. The highest BCUT2D eigenvalue weighted by Crippen LogP contribution is 2.49. The number of carbonyl (C=O) groups is 8. The largest absolute Gasteiger partial charge is 0.426 e. The summed E-state index contributed by atoms with van der Waals surface area (Å²) in [6.45, 7) is 0.295. The fourth-order valence-corrected chi connectivity index (χ4v) is 12.1. The topological polar surface area (TPSA) is 287 Å². The maximum Gasteiger partial charge on any atom is 0.365 e. The SMILES string of the molecule is O=C(CNC(=O)C1(C(=O)NCCCCCN2C(=O)C=CC2=O)CCC1)NCCC(=O)Nc1cc(/C=C/C(=O)N2C[C@@H](CCl)c3c2cc(O[PH](=O)O)c2ccccc32)ccc1/C=C/C(=O)N1CC(/C=C/Cl)c2c1cc(O[PH](=O)O)c1ccccc21. The van der Waals surface area contributed by atoms with Gasteiger partial charge in [-0.1, -0.05) is 84.8 Å². The summed E-state index contributed by atoms with van der Waals surface area (Å²) in [5, 5.41) is 13.4. The highest BCUT2D eigenvalue weighted by atomic mass is 35.5. The van der Waals surface area contributed by atoms with Crippen molar-refractivity contribution >= 4 is 138 Å². The van der Waals surface area contributed by atoms with E-state index in [4.69, 9.17) is 32.2 Å². The lowest BCUT2D eigenvalue weighted by Gasteiger charge is -2.38. The van der Waals surface area contributed by atoms with E-state index in [0.29, 0.717) is 82.6 Å². The average molecular weight is 1220 g/mol. The quantitative estimate of drug-likeness (QED) is 0.00861. The average Bonchev–Trinajstić information content (AvgIpc) is 2.65. The molecule has 5 aromatic rings. The number of imide groups is 1. The fourth-order valence-electron chi connectivity index (χ4n) is 10.9. The predicted molar refractivity (Wildman–Crippen MR) is 320 cm³/mol. The van der Waals surface area contributed by atoms with Crippen molar-refractivity contribution in [2.24, 2.45) is 5.41 Å². The predicted octanol–water partition coefficient (Wildman–Crippen LogP) is 7.74. The van der Waals surface area contributed by atoms with E-state index in [0.717, 1.165) is 16.0 Å². The number of halogens is 2. The summed E-state index contributed by atoms with van der Waals surface area (Å²) in [5.41, 5.74) is 3.49. The van der Waals surface area contributed by atoms with E-state index in [9.17, 15) is 57.3 Å². The molecule has 0 spiro atoms. The number of hydrogen-bond acceptors (Lipinski definition) is 12. The third-order valence-electron chi connectivity index (χ3n) is 15.2. The molecule has 0 radical (unpaired) electrons. The van der Waals surface area contributed by atoms with Crippen molar-refractivity contribution in [3.05, 3.63) is 137 Å². The van der Waals surface area contributed by atoms with E-state index in [1.165, 1.54) is 57.9 Å². The van der Waals surface area contributed by atoms with Gasteiger partial charge in [0.05, 0.1) is 17.9 Å². The third-order valence-corrected chi connectivity index (χ3v) is 16.5. The van der Waals surface area contributed by atoms with Crippen molar-refractivity contribution in [1.29, 1.82) is 0 Å². The summed E-state index contributed by atoms with van der Waals surface area (Å²) >= 11 is 12.5. The van der Waals surface area contributed by atoms with Gasteiger partial charge in [0.15, 0.2) is 0 Å². The number of hydrogen-bond donors (Lipinski definition) is 6. The van der Waals surface area contributed by atoms with Crippen molar-refractivity contribution in [2.45, 2.75) is 56.8 Å². The molecule has 1 aliphatic carbocycles. The fraction of sp³-hybridized carbons (Fsp3) is 0.288. The Labute approximate surface area is 493 Å². The van der Waals surface area contributed by atoms with E-state index in [1.807, 2.05) is 18.2 Å². The van der Waals surface area contributed by atoms with Crippen molar-refractivity contribution in [3.63, 3.8) is 0 Å². The van der Waals surface area contributed by atoms with Crippen molar-refractivity contribution < 1.29 is 66.3 Å². The molecule has 3 aliphatic heterocycles. The Bertz CT molecular complexity index is 3640. The molecule has 1 saturated carbocycles. The molecule has 8 amide bonds. The van der Waals surface area contributed by atoms with Gasteiger partial charge in [-0.3, -0.25) is 43.3 Å². The molecule has 0 bridgehead atoms. The summed E-state index contributed by atoms with van der Waals surface area (Å²) in [6.07, 6.45) is 12.6. The molecule has 4 atom stereocenters. The summed E-state index contributed by atoms with van der Waals surface area (Å²) in [6, 6.07) is 22.3. The lowest BCUT2D eigenvalue weighted by molar-refractivity contribution is -0.150. The van der Waals surface area contributed by atoms with Crippen LogP contribution in [0, 0.1) is 5.41 Å². The number of unbranched alkanes of at least 4 members (excludes halogenated alkanes) is 2. The molecule has 3 unspecified atom stereocenters. The van der Waals surface area contributed by atoms with Crippen LogP contribution in [-0.4, -0.2) is 107 Å². The molecule has 1 fully saturated rings. The Balaban J connectivity index is 0.880. The van der Waals surface area contributed by atoms with Crippen LogP contribution in [0.3, 0.4) is 0 Å². The minimum absolute atomic E-state index is 0.108. The maximum absolute atomic E-state index is 14.3. The van der Waals surface area contributed by atoms with Crippen LogP contribution < -0.4 is 40.1 Å². The molecular formula is C59H59Cl2N7O14P2. The van der Waals surface area contributed by atoms with Gasteiger partial charge in [0, 0.05) is 115 Å². The Morgan fingerprint density at radius 1 is 0.690 bits per heavy atom. The first-order valence-electron chi connectivity index (χ1n) is 27.1. The number of anilines is 3. The minimum atomic E-state index is -3.44. The molecule has 9 rings (SSSR count). The van der Waals surface area contributed by atoms with Crippen molar-refractivity contribution in [3.8, 4) is 11.5 Å². The Morgan fingerprint density at radius 2 is 1.29 bits per heavy atom. The number of carbonyl (C=O) groups excluding carboxylic acids is 8. The molecular weight excluding hydrogens is 1160 g/mol. The molecule has 3 heterocycles. The van der Waals surface area contributed by atoms with Gasteiger partial charge in [-0.15, -0.1) is 11.6 Å². The van der Waals surface area contributed by atoms with Gasteiger partial charge in [0.1, 0.15) is 16.9 Å². The number of alkyl halides is 1. The van der Waals surface area contributed by atoms with Crippen molar-refractivity contribution in [1.82, 2.24) is 20.9 Å². The first kappa shape index (κ1) is 60.7. The second kappa shape index (κ2) is 27.2. The summed E-state index contributed by atoms with van der Waals surface area (Å²) in [4.78, 5) is 129. The van der Waals surface area contributed by atoms with E-state index in [1.54, 1.807) is 60.7 Å². The lowest BCUT2D eigenvalue weighted by Crippen LogP contribution is -2.56. The van der Waals surface area contributed by atoms with Gasteiger partial charge in [0.2, 0.25) is 23.6 Å². The molecule has 6 N–H and O–H groups in total. The van der Waals surface area contributed by atoms with E-state index < -0.39 is 63.9 Å². The van der Waals surface area contributed by atoms with Crippen LogP contribution in [0.15, 0.2) is 115 Å². The monoisotopic (exact) mass is 1220 g/mol. The number of rotatable bonds is 24. The van der Waals surface area contributed by atoms with Crippen LogP contribution in [0.1, 0.15) is 79.0 Å². The minimum Gasteiger partial charge on any atom is -0.426 e. The number of nitrogens with zero attached hydrogens (tertiary/aromatic N) is 3. The highest BCUT2D eigenvalue weighted by molar-refractivity contribution is 7.32. The third kappa shape index (κ3) is 13.5. The van der Waals surface area contributed by atoms with Crippen LogP contribution >= 0.6 is 39.7 Å². The van der Waals surface area contributed by atoms with E-state index >= 15 is 0 Å². The number of benzene rings is 5. The number of nitrogens with one attached hydrogen (secondary N) is 4. The lowest BCUT2D eigenvalue weighted by atomic mass is 9.67. The van der Waals surface area contributed by atoms with Gasteiger partial charge in [-0.05, 0) is 83.3 Å². The van der Waals surface area contributed by atoms with Crippen molar-refractivity contribution in [2.75, 3.05) is 60.3 Å². The normalized spacial score (nSPS) is 17.6. The van der Waals surface area contributed by atoms with Gasteiger partial charge >= 0.3 is 16.5 Å². The zero-order chi connectivity index (χ0) is 59.7. The van der Waals surface area contributed by atoms with Crippen LogP contribution in [0.2, 0.25) is 0 Å². The van der Waals surface area contributed by atoms with Gasteiger partial charge in [0.25, 0.3) is 23.6 Å². The Kier molecular flexibility index (Phi) is 19.7. The molecule has 25 heteroatoms. The van der Waals surface area contributed by atoms with Gasteiger partial charge < -0.3 is 49.9 Å². The second-order valence-corrected chi connectivity index (χ2v) is 22.4. The van der Waals surface area contributed by atoms with Crippen LogP contribution in [-0.2, 0) is 47.5 Å². The summed E-state index contributed by atoms with van der Waals surface area (Å²) in [5.74, 6) is -4.09. The van der Waals surface area contributed by atoms with Gasteiger partial charge in [-0.25, -0.2) is 9.13 Å². The molecule has 84 heavy (non-hydrogen) atoms. The van der Waals surface area contributed by atoms with Gasteiger partial charge in [-0.2, -0.15) is 0 Å². The molecule has 5 aromatic carbocycles. The van der Waals surface area contributed by atoms with Crippen LogP contribution in [0.5, 0.6) is 11.5 Å². The smallest absolute Gasteiger partial charge is 0.365 e. The van der Waals surface area contributed by atoms with Crippen LogP contribution in [0.25, 0.3) is 33.7 Å². The Hall–Kier alpha value is -7.90. The molecule has 4 aliphatic rings. The highest BCUT2D eigenvalue weighted by Gasteiger charge is 2.50. The Morgan fingerprint density at radius 3 is 1.89 bits per heavy atom. The second-order valence-electron chi connectivity index (χ2n) is 20.4. The number of fused-ring (bicyclic) bond motifs is 6. The first-order chi connectivity index (χ1) is 40.5. The summed E-state index contributed by atoms with van der Waals surface area (Å²) in [7, 11) is -6.85. The maximum atomic E-state index is 14.3.